The molecule has 6 heteroatoms. The van der Waals surface area contributed by atoms with Crippen LogP contribution in [0.3, 0.4) is 0 Å². The third-order valence-electron chi connectivity index (χ3n) is 4.14. The van der Waals surface area contributed by atoms with Crippen LogP contribution in [0.5, 0.6) is 0 Å². The van der Waals surface area contributed by atoms with Gasteiger partial charge in [-0.05, 0) is 51.1 Å². The first-order chi connectivity index (χ1) is 12.9. The number of ketones is 1. The average molecular weight is 387 g/mol. The summed E-state index contributed by atoms with van der Waals surface area (Å²) in [5.74, 6) is -0.309. The van der Waals surface area contributed by atoms with Crippen molar-refractivity contribution in [2.24, 2.45) is 0 Å². The molecule has 3 rings (SSSR count). The molecule has 0 aliphatic heterocycles. The van der Waals surface area contributed by atoms with Gasteiger partial charge in [0.1, 0.15) is 11.6 Å². The van der Waals surface area contributed by atoms with Gasteiger partial charge in [-0.2, -0.15) is 0 Å². The van der Waals surface area contributed by atoms with Crippen molar-refractivity contribution in [2.45, 2.75) is 33.5 Å². The maximum atomic E-state index is 14.2. The molecule has 0 saturated carbocycles. The van der Waals surface area contributed by atoms with Gasteiger partial charge in [0.15, 0.2) is 5.78 Å². The highest BCUT2D eigenvalue weighted by atomic mass is 35.5. The first kappa shape index (κ1) is 19.3. The smallest absolute Gasteiger partial charge is 0.198 e. The van der Waals surface area contributed by atoms with E-state index >= 15 is 0 Å². The van der Waals surface area contributed by atoms with E-state index in [1.807, 2.05) is 25.3 Å². The lowest BCUT2D eigenvalue weighted by Crippen LogP contribution is -2.13. The lowest BCUT2D eigenvalue weighted by Gasteiger charge is -2.16. The van der Waals surface area contributed by atoms with E-state index in [0.717, 1.165) is 5.69 Å². The largest absolute Gasteiger partial charge is 0.373 e. The van der Waals surface area contributed by atoms with Gasteiger partial charge in [0.05, 0.1) is 35.9 Å². The quantitative estimate of drug-likeness (QED) is 0.551. The van der Waals surface area contributed by atoms with E-state index in [1.54, 1.807) is 36.5 Å². The Morgan fingerprint density at radius 3 is 2.67 bits per heavy atom. The summed E-state index contributed by atoms with van der Waals surface area (Å²) in [5.41, 5.74) is 1.69. The summed E-state index contributed by atoms with van der Waals surface area (Å²) in [6.07, 6.45) is 1.77. The number of carbonyl (C=O) groups excluding carboxylic acids is 1. The topological polar surface area (TPSA) is 44.1 Å². The van der Waals surface area contributed by atoms with Crippen LogP contribution < -0.4 is 0 Å². The molecule has 0 fully saturated rings. The van der Waals surface area contributed by atoms with Gasteiger partial charge in [-0.25, -0.2) is 9.37 Å². The number of aromatic nitrogens is 2. The molecule has 0 saturated heterocycles. The number of benzene rings is 2. The molecule has 0 radical (unpaired) electrons. The van der Waals surface area contributed by atoms with Crippen molar-refractivity contribution in [1.82, 2.24) is 9.55 Å². The van der Waals surface area contributed by atoms with E-state index in [9.17, 15) is 9.18 Å². The Morgan fingerprint density at radius 2 is 1.96 bits per heavy atom. The molecule has 0 amide bonds. The van der Waals surface area contributed by atoms with Crippen LogP contribution >= 0.6 is 11.6 Å². The van der Waals surface area contributed by atoms with Crippen LogP contribution in [0.25, 0.3) is 5.69 Å². The normalized spacial score (nSPS) is 11.2. The van der Waals surface area contributed by atoms with Crippen LogP contribution in [-0.2, 0) is 11.3 Å². The Hall–Kier alpha value is -2.50. The van der Waals surface area contributed by atoms with Crippen LogP contribution in [0, 0.1) is 12.7 Å². The van der Waals surface area contributed by atoms with E-state index in [4.69, 9.17) is 16.3 Å². The van der Waals surface area contributed by atoms with Crippen molar-refractivity contribution >= 4 is 17.4 Å². The minimum atomic E-state index is -0.570. The Balaban J connectivity index is 2.13. The molecule has 140 valence electrons. The molecule has 3 aromatic rings. The second-order valence-electron chi connectivity index (χ2n) is 6.46. The summed E-state index contributed by atoms with van der Waals surface area (Å²) in [6, 6.07) is 10.9. The molecule has 27 heavy (non-hydrogen) atoms. The van der Waals surface area contributed by atoms with Crippen molar-refractivity contribution in [2.75, 3.05) is 0 Å². The van der Waals surface area contributed by atoms with E-state index in [-0.39, 0.29) is 11.7 Å². The lowest BCUT2D eigenvalue weighted by molar-refractivity contribution is 0.0627. The molecular weight excluding hydrogens is 367 g/mol. The Kier molecular flexibility index (Phi) is 5.73. The van der Waals surface area contributed by atoms with Crippen LogP contribution in [0.2, 0.25) is 5.02 Å². The van der Waals surface area contributed by atoms with E-state index in [1.165, 1.54) is 12.1 Å². The van der Waals surface area contributed by atoms with E-state index in [2.05, 4.69) is 4.98 Å². The van der Waals surface area contributed by atoms with Gasteiger partial charge in [0.2, 0.25) is 0 Å². The van der Waals surface area contributed by atoms with Crippen molar-refractivity contribution in [3.8, 4) is 5.69 Å². The highest BCUT2D eigenvalue weighted by Crippen LogP contribution is 2.26. The molecule has 1 aromatic heterocycles. The Morgan fingerprint density at radius 1 is 1.22 bits per heavy atom. The first-order valence-corrected chi connectivity index (χ1v) is 9.00. The number of halogens is 2. The zero-order valence-electron chi connectivity index (χ0n) is 15.4. The van der Waals surface area contributed by atoms with E-state index in [0.29, 0.717) is 28.7 Å². The van der Waals surface area contributed by atoms with Gasteiger partial charge in [-0.1, -0.05) is 23.7 Å². The van der Waals surface area contributed by atoms with Crippen LogP contribution in [0.15, 0.2) is 48.7 Å². The van der Waals surface area contributed by atoms with E-state index < -0.39 is 11.6 Å². The number of imidazole rings is 1. The van der Waals surface area contributed by atoms with Crippen LogP contribution in [-0.4, -0.2) is 21.4 Å². The maximum absolute atomic E-state index is 14.2. The minimum absolute atomic E-state index is 0.00114. The molecule has 0 N–H and O–H groups in total. The highest BCUT2D eigenvalue weighted by molar-refractivity contribution is 6.31. The molecule has 0 spiro atoms. The zero-order chi connectivity index (χ0) is 19.6. The summed E-state index contributed by atoms with van der Waals surface area (Å²) < 4.78 is 21.7. The second kappa shape index (κ2) is 8.03. The number of hydrogen-bond donors (Lipinski definition) is 0. The summed E-state index contributed by atoms with van der Waals surface area (Å²) in [7, 11) is 0. The molecule has 0 aliphatic rings. The standard InChI is InChI=1S/C21H20ClFN2O2/c1-13(2)27-12-16-11-24-14(3)25(16)20-9-8-15(22)10-18(20)21(26)17-6-4-5-7-19(17)23/h4-11,13H,12H2,1-3H3. The fourth-order valence-electron chi connectivity index (χ4n) is 2.85. The predicted molar refractivity (Wildman–Crippen MR) is 103 cm³/mol. The number of rotatable bonds is 6. The van der Waals surface area contributed by atoms with Crippen molar-refractivity contribution in [1.29, 1.82) is 0 Å². The van der Waals surface area contributed by atoms with Gasteiger partial charge in [0, 0.05) is 10.6 Å². The van der Waals surface area contributed by atoms with Crippen molar-refractivity contribution < 1.29 is 13.9 Å². The monoisotopic (exact) mass is 386 g/mol. The fraction of sp³-hybridized carbons (Fsp3) is 0.238. The number of hydrogen-bond acceptors (Lipinski definition) is 3. The van der Waals surface area contributed by atoms with Crippen molar-refractivity contribution in [3.63, 3.8) is 0 Å². The van der Waals surface area contributed by atoms with Gasteiger partial charge in [-0.3, -0.25) is 9.36 Å². The third kappa shape index (κ3) is 4.10. The number of nitrogens with zero attached hydrogens (tertiary/aromatic N) is 2. The molecule has 4 nitrogen and oxygen atoms in total. The highest BCUT2D eigenvalue weighted by Gasteiger charge is 2.21. The molecule has 0 atom stereocenters. The molecular formula is C21H20ClFN2O2. The van der Waals surface area contributed by atoms with Gasteiger partial charge in [0.25, 0.3) is 0 Å². The molecule has 0 aliphatic carbocycles. The summed E-state index contributed by atoms with van der Waals surface area (Å²) in [5, 5.41) is 0.399. The van der Waals surface area contributed by atoms with Gasteiger partial charge >= 0.3 is 0 Å². The second-order valence-corrected chi connectivity index (χ2v) is 6.90. The van der Waals surface area contributed by atoms with Gasteiger partial charge < -0.3 is 4.74 Å². The molecule has 2 aromatic carbocycles. The summed E-state index contributed by atoms with van der Waals surface area (Å²) in [6.45, 7) is 6.07. The molecule has 0 unspecified atom stereocenters. The fourth-order valence-corrected chi connectivity index (χ4v) is 3.02. The molecule has 1 heterocycles. The number of carbonyl (C=O) groups is 1. The SMILES string of the molecule is Cc1ncc(COC(C)C)n1-c1ccc(Cl)cc1C(=O)c1ccccc1F. The minimum Gasteiger partial charge on any atom is -0.373 e. The lowest BCUT2D eigenvalue weighted by atomic mass is 10.0. The molecule has 0 bridgehead atoms. The number of aryl methyl sites for hydroxylation is 1. The summed E-state index contributed by atoms with van der Waals surface area (Å²) in [4.78, 5) is 17.4. The van der Waals surface area contributed by atoms with Crippen LogP contribution in [0.4, 0.5) is 4.39 Å². The zero-order valence-corrected chi connectivity index (χ0v) is 16.1. The van der Waals surface area contributed by atoms with Gasteiger partial charge in [-0.15, -0.1) is 0 Å². The van der Waals surface area contributed by atoms with Crippen molar-refractivity contribution in [3.05, 3.63) is 82.1 Å². The maximum Gasteiger partial charge on any atom is 0.198 e. The average Bonchev–Trinajstić information content (AvgIpc) is 3.00. The predicted octanol–water partition coefficient (Wildman–Crippen LogP) is 5.13. The Bertz CT molecular complexity index is 982. The first-order valence-electron chi connectivity index (χ1n) is 8.62. The van der Waals surface area contributed by atoms with Crippen LogP contribution in [0.1, 0.15) is 41.3 Å². The summed E-state index contributed by atoms with van der Waals surface area (Å²) >= 11 is 6.14. The third-order valence-corrected chi connectivity index (χ3v) is 4.37. The Labute approximate surface area is 162 Å². The number of ether oxygens (including phenoxy) is 1.